The third-order valence-corrected chi connectivity index (χ3v) is 5.68. The molecule has 30 heavy (non-hydrogen) atoms. The standard InChI is InChI=1S/C28H28O2/c1-2-3-10-19-30-24-16-18-25-23(20-24)15-17-26(27(25)21-11-6-4-7-12-21)28(29)22-13-8-5-9-14-22/h4-9,11-14,16,18,20H,2-3,10,15,17,19H2,1H3. The molecule has 0 saturated carbocycles. The number of aryl methyl sites for hydroxylation is 1. The van der Waals surface area contributed by atoms with Gasteiger partial charge < -0.3 is 4.74 Å². The van der Waals surface area contributed by atoms with E-state index < -0.39 is 0 Å². The highest BCUT2D eigenvalue weighted by atomic mass is 16.5. The number of allylic oxidation sites excluding steroid dienone is 1. The molecule has 3 aromatic rings. The summed E-state index contributed by atoms with van der Waals surface area (Å²) in [4.78, 5) is 13.4. The summed E-state index contributed by atoms with van der Waals surface area (Å²) >= 11 is 0. The van der Waals surface area contributed by atoms with Gasteiger partial charge in [0.25, 0.3) is 0 Å². The summed E-state index contributed by atoms with van der Waals surface area (Å²) in [6.45, 7) is 2.95. The van der Waals surface area contributed by atoms with Gasteiger partial charge in [0.1, 0.15) is 5.75 Å². The van der Waals surface area contributed by atoms with E-state index in [1.807, 2.05) is 54.6 Å². The average molecular weight is 397 g/mol. The topological polar surface area (TPSA) is 26.3 Å². The van der Waals surface area contributed by atoms with Crippen LogP contribution in [0, 0.1) is 0 Å². The first-order valence-corrected chi connectivity index (χ1v) is 10.9. The van der Waals surface area contributed by atoms with Crippen LogP contribution in [0.15, 0.2) is 84.4 Å². The minimum atomic E-state index is 0.125. The molecule has 1 aliphatic carbocycles. The van der Waals surface area contributed by atoms with Crippen molar-refractivity contribution in [1.82, 2.24) is 0 Å². The van der Waals surface area contributed by atoms with Crippen molar-refractivity contribution in [3.63, 3.8) is 0 Å². The predicted octanol–water partition coefficient (Wildman–Crippen LogP) is 6.89. The highest BCUT2D eigenvalue weighted by molar-refractivity contribution is 6.15. The summed E-state index contributed by atoms with van der Waals surface area (Å²) in [6, 6.07) is 26.2. The normalized spacial score (nSPS) is 13.1. The van der Waals surface area contributed by atoms with Crippen LogP contribution >= 0.6 is 0 Å². The zero-order chi connectivity index (χ0) is 20.8. The summed E-state index contributed by atoms with van der Waals surface area (Å²) in [5, 5.41) is 0. The minimum absolute atomic E-state index is 0.125. The van der Waals surface area contributed by atoms with E-state index in [0.29, 0.717) is 0 Å². The Labute approximate surface area is 179 Å². The molecule has 0 heterocycles. The highest BCUT2D eigenvalue weighted by Gasteiger charge is 2.25. The van der Waals surface area contributed by atoms with E-state index in [0.717, 1.165) is 59.5 Å². The van der Waals surface area contributed by atoms with Crippen LogP contribution in [-0.4, -0.2) is 12.4 Å². The van der Waals surface area contributed by atoms with Crippen molar-refractivity contribution in [3.05, 3.63) is 107 Å². The summed E-state index contributed by atoms with van der Waals surface area (Å²) < 4.78 is 5.98. The van der Waals surface area contributed by atoms with Gasteiger partial charge in [0.15, 0.2) is 5.78 Å². The molecular weight excluding hydrogens is 368 g/mol. The second kappa shape index (κ2) is 9.58. The lowest BCUT2D eigenvalue weighted by Gasteiger charge is -2.24. The molecule has 0 saturated heterocycles. The maximum atomic E-state index is 13.4. The number of hydrogen-bond donors (Lipinski definition) is 0. The molecule has 0 amide bonds. The number of rotatable bonds is 8. The summed E-state index contributed by atoms with van der Waals surface area (Å²) in [5.74, 6) is 1.05. The number of hydrogen-bond acceptors (Lipinski definition) is 2. The fourth-order valence-electron chi connectivity index (χ4n) is 4.13. The maximum absolute atomic E-state index is 13.4. The quantitative estimate of drug-likeness (QED) is 0.306. The molecular formula is C28H28O2. The molecule has 152 valence electrons. The van der Waals surface area contributed by atoms with E-state index in [9.17, 15) is 4.79 Å². The van der Waals surface area contributed by atoms with Crippen LogP contribution in [0.1, 0.15) is 59.7 Å². The number of carbonyl (C=O) groups excluding carboxylic acids is 1. The van der Waals surface area contributed by atoms with Crippen LogP contribution in [0.5, 0.6) is 5.75 Å². The van der Waals surface area contributed by atoms with Crippen molar-refractivity contribution < 1.29 is 9.53 Å². The van der Waals surface area contributed by atoms with Crippen molar-refractivity contribution in [3.8, 4) is 5.75 Å². The Morgan fingerprint density at radius 2 is 1.60 bits per heavy atom. The number of ketones is 1. The predicted molar refractivity (Wildman–Crippen MR) is 123 cm³/mol. The van der Waals surface area contributed by atoms with Crippen molar-refractivity contribution in [2.45, 2.75) is 39.0 Å². The summed E-state index contributed by atoms with van der Waals surface area (Å²) in [6.07, 6.45) is 5.06. The lowest BCUT2D eigenvalue weighted by Crippen LogP contribution is -2.14. The number of Topliss-reactive ketones (excluding diaryl/α,β-unsaturated/α-hetero) is 1. The van der Waals surface area contributed by atoms with Gasteiger partial charge in [-0.25, -0.2) is 0 Å². The third-order valence-electron chi connectivity index (χ3n) is 5.68. The van der Waals surface area contributed by atoms with E-state index in [1.54, 1.807) is 0 Å². The molecule has 2 heteroatoms. The molecule has 0 atom stereocenters. The molecule has 2 nitrogen and oxygen atoms in total. The SMILES string of the molecule is CCCCCOc1ccc2c(c1)CCC(C(=O)c1ccccc1)=C2c1ccccc1. The fraction of sp³-hybridized carbons (Fsp3) is 0.250. The second-order valence-electron chi connectivity index (χ2n) is 7.79. The summed E-state index contributed by atoms with van der Waals surface area (Å²) in [7, 11) is 0. The first kappa shape index (κ1) is 20.2. The molecule has 0 radical (unpaired) electrons. The maximum Gasteiger partial charge on any atom is 0.189 e. The first-order chi connectivity index (χ1) is 14.8. The molecule has 0 spiro atoms. The molecule has 3 aromatic carbocycles. The lowest BCUT2D eigenvalue weighted by molar-refractivity contribution is 0.103. The Kier molecular flexibility index (Phi) is 6.44. The Hall–Kier alpha value is -3.13. The van der Waals surface area contributed by atoms with E-state index in [-0.39, 0.29) is 5.78 Å². The van der Waals surface area contributed by atoms with Crippen molar-refractivity contribution >= 4 is 11.4 Å². The van der Waals surface area contributed by atoms with Gasteiger partial charge >= 0.3 is 0 Å². The van der Waals surface area contributed by atoms with Gasteiger partial charge in [-0.3, -0.25) is 4.79 Å². The number of ether oxygens (including phenoxy) is 1. The third kappa shape index (κ3) is 4.38. The Bertz CT molecular complexity index is 1030. The molecule has 0 fully saturated rings. The molecule has 1 aliphatic rings. The van der Waals surface area contributed by atoms with E-state index in [4.69, 9.17) is 4.74 Å². The lowest BCUT2D eigenvalue weighted by atomic mass is 9.79. The Balaban J connectivity index is 1.73. The van der Waals surface area contributed by atoms with E-state index >= 15 is 0 Å². The monoisotopic (exact) mass is 396 g/mol. The van der Waals surface area contributed by atoms with Gasteiger partial charge in [0.2, 0.25) is 0 Å². The number of benzene rings is 3. The Morgan fingerprint density at radius 1 is 0.867 bits per heavy atom. The van der Waals surface area contributed by atoms with E-state index in [2.05, 4.69) is 31.2 Å². The smallest absolute Gasteiger partial charge is 0.189 e. The molecule has 0 aliphatic heterocycles. The zero-order valence-electron chi connectivity index (χ0n) is 17.6. The molecule has 0 aromatic heterocycles. The van der Waals surface area contributed by atoms with E-state index in [1.165, 1.54) is 18.4 Å². The highest BCUT2D eigenvalue weighted by Crippen LogP contribution is 2.38. The fourth-order valence-corrected chi connectivity index (χ4v) is 4.13. The number of carbonyl (C=O) groups is 1. The second-order valence-corrected chi connectivity index (χ2v) is 7.79. The van der Waals surface area contributed by atoms with Crippen LogP contribution < -0.4 is 4.74 Å². The molecule has 0 N–H and O–H groups in total. The largest absolute Gasteiger partial charge is 0.494 e. The van der Waals surface area contributed by atoms with Gasteiger partial charge in [-0.2, -0.15) is 0 Å². The first-order valence-electron chi connectivity index (χ1n) is 10.9. The van der Waals surface area contributed by atoms with Gasteiger partial charge in [0.05, 0.1) is 6.61 Å². The van der Waals surface area contributed by atoms with Crippen LogP contribution in [0.2, 0.25) is 0 Å². The van der Waals surface area contributed by atoms with Gasteiger partial charge in [0, 0.05) is 11.1 Å². The zero-order valence-corrected chi connectivity index (χ0v) is 17.6. The average Bonchev–Trinajstić information content (AvgIpc) is 2.81. The molecule has 0 unspecified atom stereocenters. The van der Waals surface area contributed by atoms with Crippen LogP contribution in [0.3, 0.4) is 0 Å². The number of unbranched alkanes of at least 4 members (excludes halogenated alkanes) is 2. The Morgan fingerprint density at radius 3 is 2.33 bits per heavy atom. The van der Waals surface area contributed by atoms with Crippen LogP contribution in [-0.2, 0) is 6.42 Å². The van der Waals surface area contributed by atoms with Crippen molar-refractivity contribution in [1.29, 1.82) is 0 Å². The van der Waals surface area contributed by atoms with Crippen LogP contribution in [0.25, 0.3) is 5.57 Å². The molecule has 0 bridgehead atoms. The minimum Gasteiger partial charge on any atom is -0.494 e. The van der Waals surface area contributed by atoms with Crippen molar-refractivity contribution in [2.75, 3.05) is 6.61 Å². The molecule has 4 rings (SSSR count). The van der Waals surface area contributed by atoms with Gasteiger partial charge in [-0.15, -0.1) is 0 Å². The summed E-state index contributed by atoms with van der Waals surface area (Å²) in [5.41, 5.74) is 6.20. The van der Waals surface area contributed by atoms with Crippen molar-refractivity contribution in [2.24, 2.45) is 0 Å². The van der Waals surface area contributed by atoms with Crippen LogP contribution in [0.4, 0.5) is 0 Å². The number of fused-ring (bicyclic) bond motifs is 1. The van der Waals surface area contributed by atoms with Gasteiger partial charge in [-0.05, 0) is 53.7 Å². The van der Waals surface area contributed by atoms with Gasteiger partial charge in [-0.1, -0.05) is 86.5 Å².